The molecule has 0 spiro atoms. The van der Waals surface area contributed by atoms with Gasteiger partial charge in [0.2, 0.25) is 10.0 Å². The minimum atomic E-state index is -3.54. The number of nitrogens with zero attached hydrogens (tertiary/aromatic N) is 2. The van der Waals surface area contributed by atoms with Gasteiger partial charge in [-0.3, -0.25) is 0 Å². The van der Waals surface area contributed by atoms with Gasteiger partial charge in [0.05, 0.1) is 4.90 Å². The molecule has 2 heterocycles. The second kappa shape index (κ2) is 7.72. The molecule has 0 atom stereocenters. The van der Waals surface area contributed by atoms with Gasteiger partial charge < -0.3 is 4.90 Å². The number of pyridine rings is 1. The molecule has 1 aromatic carbocycles. The smallest absolute Gasteiger partial charge is 0.240 e. The van der Waals surface area contributed by atoms with Crippen molar-refractivity contribution >= 4 is 27.4 Å². The highest BCUT2D eigenvalue weighted by molar-refractivity contribution is 7.89. The minimum absolute atomic E-state index is 0.255. The Bertz CT molecular complexity index is 819. The maximum atomic E-state index is 12.5. The summed E-state index contributed by atoms with van der Waals surface area (Å²) in [6.45, 7) is 4.00. The largest absolute Gasteiger partial charge is 0.357 e. The second-order valence-corrected chi connectivity index (χ2v) is 8.55. The number of halogens is 1. The van der Waals surface area contributed by atoms with Crippen LogP contribution in [-0.4, -0.2) is 33.0 Å². The molecule has 25 heavy (non-hydrogen) atoms. The first-order valence-electron chi connectivity index (χ1n) is 8.37. The first-order valence-corrected chi connectivity index (χ1v) is 10.2. The number of anilines is 1. The summed E-state index contributed by atoms with van der Waals surface area (Å²) in [6, 6.07) is 10.8. The monoisotopic (exact) mass is 379 g/mol. The van der Waals surface area contributed by atoms with Crippen molar-refractivity contribution in [3.63, 3.8) is 0 Å². The van der Waals surface area contributed by atoms with E-state index in [-0.39, 0.29) is 4.90 Å². The molecule has 0 amide bonds. The van der Waals surface area contributed by atoms with Gasteiger partial charge in [0, 0.05) is 30.9 Å². The fourth-order valence-corrected chi connectivity index (χ4v) is 4.70. The number of piperidine rings is 1. The van der Waals surface area contributed by atoms with Gasteiger partial charge in [-0.2, -0.15) is 0 Å². The van der Waals surface area contributed by atoms with Crippen LogP contribution in [-0.2, 0) is 10.0 Å². The van der Waals surface area contributed by atoms with E-state index in [2.05, 4.69) is 14.6 Å². The Morgan fingerprint density at radius 3 is 2.68 bits per heavy atom. The molecule has 1 saturated heterocycles. The van der Waals surface area contributed by atoms with Crippen LogP contribution in [0, 0.1) is 12.8 Å². The van der Waals surface area contributed by atoms with Gasteiger partial charge in [-0.05, 0) is 55.5 Å². The molecule has 2 aromatic rings. The number of rotatable bonds is 5. The quantitative estimate of drug-likeness (QED) is 0.866. The molecular formula is C18H22ClN3O2S. The predicted octanol–water partition coefficient (Wildman–Crippen LogP) is 3.24. The van der Waals surface area contributed by atoms with Gasteiger partial charge in [0.1, 0.15) is 5.82 Å². The van der Waals surface area contributed by atoms with Gasteiger partial charge in [-0.15, -0.1) is 0 Å². The lowest BCUT2D eigenvalue weighted by Gasteiger charge is -2.32. The van der Waals surface area contributed by atoms with Crippen molar-refractivity contribution < 1.29 is 8.42 Å². The molecule has 0 radical (unpaired) electrons. The molecule has 1 N–H and O–H groups in total. The van der Waals surface area contributed by atoms with E-state index in [1.807, 2.05) is 18.2 Å². The Hall–Kier alpha value is -1.63. The second-order valence-electron chi connectivity index (χ2n) is 6.38. The fourth-order valence-electron chi connectivity index (χ4n) is 3.08. The maximum absolute atomic E-state index is 12.5. The SMILES string of the molecule is Cc1ccc(Cl)cc1S(=O)(=O)NCC1CCN(c2ccccn2)CC1. The van der Waals surface area contributed by atoms with E-state index in [9.17, 15) is 8.42 Å². The van der Waals surface area contributed by atoms with Crippen LogP contribution >= 0.6 is 11.6 Å². The summed E-state index contributed by atoms with van der Waals surface area (Å²) in [5.41, 5.74) is 0.696. The molecule has 1 aliphatic heterocycles. The normalized spacial score (nSPS) is 16.2. The van der Waals surface area contributed by atoms with Crippen molar-refractivity contribution in [2.75, 3.05) is 24.5 Å². The van der Waals surface area contributed by atoms with Gasteiger partial charge in [0.25, 0.3) is 0 Å². The van der Waals surface area contributed by atoms with Crippen LogP contribution in [0.2, 0.25) is 5.02 Å². The molecule has 3 rings (SSSR count). The molecule has 0 unspecified atom stereocenters. The maximum Gasteiger partial charge on any atom is 0.240 e. The minimum Gasteiger partial charge on any atom is -0.357 e. The highest BCUT2D eigenvalue weighted by Gasteiger charge is 2.23. The zero-order valence-corrected chi connectivity index (χ0v) is 15.7. The molecule has 134 valence electrons. The van der Waals surface area contributed by atoms with E-state index >= 15 is 0 Å². The molecule has 5 nitrogen and oxygen atoms in total. The Morgan fingerprint density at radius 2 is 2.00 bits per heavy atom. The molecule has 1 aromatic heterocycles. The standard InChI is InChI=1S/C18H22ClN3O2S/c1-14-5-6-16(19)12-17(14)25(23,24)21-13-15-7-10-22(11-8-15)18-4-2-3-9-20-18/h2-6,9,12,15,21H,7-8,10-11,13H2,1H3. The van der Waals surface area contributed by atoms with Crippen molar-refractivity contribution in [3.8, 4) is 0 Å². The summed E-state index contributed by atoms with van der Waals surface area (Å²) in [7, 11) is -3.54. The van der Waals surface area contributed by atoms with Crippen molar-refractivity contribution in [2.24, 2.45) is 5.92 Å². The summed E-state index contributed by atoms with van der Waals surface area (Å²) >= 11 is 5.94. The average molecular weight is 380 g/mol. The van der Waals surface area contributed by atoms with Crippen LogP contribution in [0.15, 0.2) is 47.5 Å². The van der Waals surface area contributed by atoms with Gasteiger partial charge >= 0.3 is 0 Å². The third-order valence-corrected chi connectivity index (χ3v) is 6.39. The Balaban J connectivity index is 1.57. The number of sulfonamides is 1. The van der Waals surface area contributed by atoms with Crippen LogP contribution in [0.1, 0.15) is 18.4 Å². The topological polar surface area (TPSA) is 62.3 Å². The summed E-state index contributed by atoms with van der Waals surface area (Å²) in [4.78, 5) is 6.87. The third-order valence-electron chi connectivity index (χ3n) is 4.59. The molecule has 0 aliphatic carbocycles. The Labute approximate surface area is 154 Å². The Morgan fingerprint density at radius 1 is 1.24 bits per heavy atom. The number of benzene rings is 1. The van der Waals surface area contributed by atoms with E-state index in [1.54, 1.807) is 25.3 Å². The van der Waals surface area contributed by atoms with E-state index < -0.39 is 10.0 Å². The van der Waals surface area contributed by atoms with E-state index in [1.165, 1.54) is 6.07 Å². The van der Waals surface area contributed by atoms with Gasteiger partial charge in [0.15, 0.2) is 0 Å². The van der Waals surface area contributed by atoms with Crippen LogP contribution in [0.4, 0.5) is 5.82 Å². The van der Waals surface area contributed by atoms with Crippen LogP contribution in [0.25, 0.3) is 0 Å². The lowest BCUT2D eigenvalue weighted by Crippen LogP contribution is -2.39. The van der Waals surface area contributed by atoms with Crippen LogP contribution < -0.4 is 9.62 Å². The molecular weight excluding hydrogens is 358 g/mol. The number of nitrogens with one attached hydrogen (secondary N) is 1. The first-order chi connectivity index (χ1) is 12.0. The third kappa shape index (κ3) is 4.51. The predicted molar refractivity (Wildman–Crippen MR) is 101 cm³/mol. The molecule has 0 saturated carbocycles. The van der Waals surface area contributed by atoms with E-state index in [0.717, 1.165) is 31.7 Å². The van der Waals surface area contributed by atoms with Gasteiger partial charge in [-0.1, -0.05) is 23.7 Å². The highest BCUT2D eigenvalue weighted by atomic mass is 35.5. The molecule has 0 bridgehead atoms. The zero-order valence-electron chi connectivity index (χ0n) is 14.2. The van der Waals surface area contributed by atoms with Crippen LogP contribution in [0.3, 0.4) is 0 Å². The summed E-state index contributed by atoms with van der Waals surface area (Å²) < 4.78 is 27.8. The summed E-state index contributed by atoms with van der Waals surface area (Å²) in [5, 5.41) is 0.426. The molecule has 1 aliphatic rings. The summed E-state index contributed by atoms with van der Waals surface area (Å²) in [6.07, 6.45) is 3.67. The number of aryl methyl sites for hydroxylation is 1. The Kier molecular flexibility index (Phi) is 5.61. The van der Waals surface area contributed by atoms with Crippen molar-refractivity contribution in [1.29, 1.82) is 0 Å². The highest BCUT2D eigenvalue weighted by Crippen LogP contribution is 2.23. The van der Waals surface area contributed by atoms with Crippen molar-refractivity contribution in [2.45, 2.75) is 24.7 Å². The summed E-state index contributed by atoms with van der Waals surface area (Å²) in [5.74, 6) is 1.31. The number of aromatic nitrogens is 1. The first kappa shape index (κ1) is 18.2. The van der Waals surface area contributed by atoms with Crippen molar-refractivity contribution in [3.05, 3.63) is 53.2 Å². The van der Waals surface area contributed by atoms with Gasteiger partial charge in [-0.25, -0.2) is 18.1 Å². The lowest BCUT2D eigenvalue weighted by molar-refractivity contribution is 0.400. The molecule has 7 heteroatoms. The molecule has 1 fully saturated rings. The number of hydrogen-bond acceptors (Lipinski definition) is 4. The number of hydrogen-bond donors (Lipinski definition) is 1. The van der Waals surface area contributed by atoms with E-state index in [0.29, 0.717) is 23.0 Å². The fraction of sp³-hybridized carbons (Fsp3) is 0.389. The lowest BCUT2D eigenvalue weighted by atomic mass is 9.97. The zero-order chi connectivity index (χ0) is 17.9. The van der Waals surface area contributed by atoms with Crippen molar-refractivity contribution in [1.82, 2.24) is 9.71 Å². The van der Waals surface area contributed by atoms with E-state index in [4.69, 9.17) is 11.6 Å². The average Bonchev–Trinajstić information content (AvgIpc) is 2.63. The van der Waals surface area contributed by atoms with Crippen LogP contribution in [0.5, 0.6) is 0 Å².